The van der Waals surface area contributed by atoms with Gasteiger partial charge in [-0.2, -0.15) is 0 Å². The van der Waals surface area contributed by atoms with Crippen molar-refractivity contribution in [2.45, 2.75) is 46.5 Å². The fourth-order valence-corrected chi connectivity index (χ4v) is 3.18. The van der Waals surface area contributed by atoms with Crippen LogP contribution >= 0.6 is 0 Å². The van der Waals surface area contributed by atoms with Gasteiger partial charge in [-0.05, 0) is 31.6 Å². The van der Waals surface area contributed by atoms with Crippen LogP contribution in [-0.2, 0) is 4.79 Å². The molecule has 1 fully saturated rings. The fourth-order valence-electron chi connectivity index (χ4n) is 3.18. The molecule has 2 aliphatic rings. The maximum absolute atomic E-state index is 11.8. The Morgan fingerprint density at radius 3 is 2.31 bits per heavy atom. The van der Waals surface area contributed by atoms with Crippen molar-refractivity contribution in [1.29, 1.82) is 0 Å². The molecule has 0 aromatic heterocycles. The molecule has 72 valence electrons. The van der Waals surface area contributed by atoms with Crippen molar-refractivity contribution in [3.8, 4) is 0 Å². The molecule has 13 heavy (non-hydrogen) atoms. The summed E-state index contributed by atoms with van der Waals surface area (Å²) in [5.74, 6) is 0.478. The van der Waals surface area contributed by atoms with E-state index in [4.69, 9.17) is 0 Å². The normalized spacial score (nSPS) is 37.2. The van der Waals surface area contributed by atoms with Gasteiger partial charge in [0, 0.05) is 6.42 Å². The monoisotopic (exact) mass is 178 g/mol. The van der Waals surface area contributed by atoms with Crippen LogP contribution in [0.15, 0.2) is 11.6 Å². The van der Waals surface area contributed by atoms with Crippen molar-refractivity contribution >= 4 is 5.78 Å². The van der Waals surface area contributed by atoms with Gasteiger partial charge in [0.25, 0.3) is 0 Å². The van der Waals surface area contributed by atoms with Crippen LogP contribution in [0, 0.1) is 10.8 Å². The molecule has 0 saturated heterocycles. The van der Waals surface area contributed by atoms with E-state index in [0.29, 0.717) is 5.78 Å². The largest absolute Gasteiger partial charge is 0.299 e. The highest BCUT2D eigenvalue weighted by Crippen LogP contribution is 2.59. The van der Waals surface area contributed by atoms with Gasteiger partial charge in [-0.25, -0.2) is 0 Å². The Kier molecular flexibility index (Phi) is 1.70. The summed E-state index contributed by atoms with van der Waals surface area (Å²) in [5, 5.41) is 0. The zero-order valence-corrected chi connectivity index (χ0v) is 8.81. The van der Waals surface area contributed by atoms with Gasteiger partial charge in [-0.3, -0.25) is 4.79 Å². The summed E-state index contributed by atoms with van der Waals surface area (Å²) >= 11 is 0. The molecule has 0 heterocycles. The molecular weight excluding hydrogens is 160 g/mol. The molecule has 0 bridgehead atoms. The second kappa shape index (κ2) is 2.46. The minimum Gasteiger partial charge on any atom is -0.299 e. The fraction of sp³-hybridized carbons (Fsp3) is 0.750. The van der Waals surface area contributed by atoms with Gasteiger partial charge in [-0.1, -0.05) is 25.5 Å². The smallest absolute Gasteiger partial charge is 0.143 e. The number of carbonyl (C=O) groups excluding carboxylic acids is 1. The van der Waals surface area contributed by atoms with Crippen LogP contribution in [0.3, 0.4) is 0 Å². The van der Waals surface area contributed by atoms with E-state index in [1.165, 1.54) is 5.57 Å². The molecule has 0 radical (unpaired) electrons. The first-order valence-corrected chi connectivity index (χ1v) is 5.21. The van der Waals surface area contributed by atoms with Crippen LogP contribution < -0.4 is 0 Å². The molecule has 0 aromatic rings. The van der Waals surface area contributed by atoms with Crippen molar-refractivity contribution in [2.24, 2.45) is 10.8 Å². The van der Waals surface area contributed by atoms with Crippen LogP contribution in [0.5, 0.6) is 0 Å². The van der Waals surface area contributed by atoms with Crippen molar-refractivity contribution < 1.29 is 4.79 Å². The molecule has 2 aliphatic carbocycles. The Labute approximate surface area is 80.2 Å². The third-order valence-corrected chi connectivity index (χ3v) is 4.25. The van der Waals surface area contributed by atoms with E-state index >= 15 is 0 Å². The van der Waals surface area contributed by atoms with Gasteiger partial charge in [0.1, 0.15) is 5.78 Å². The Hall–Kier alpha value is -0.590. The summed E-state index contributed by atoms with van der Waals surface area (Å²) in [6, 6.07) is 0. The van der Waals surface area contributed by atoms with Crippen molar-refractivity contribution in [3.63, 3.8) is 0 Å². The highest BCUT2D eigenvalue weighted by atomic mass is 16.1. The molecule has 0 N–H and O–H groups in total. The molecule has 0 amide bonds. The van der Waals surface area contributed by atoms with Crippen LogP contribution in [0.25, 0.3) is 0 Å². The Morgan fingerprint density at radius 2 is 2.00 bits per heavy atom. The van der Waals surface area contributed by atoms with Crippen LogP contribution in [0.2, 0.25) is 0 Å². The average molecular weight is 178 g/mol. The number of hydrogen-bond donors (Lipinski definition) is 0. The maximum Gasteiger partial charge on any atom is 0.143 e. The third-order valence-electron chi connectivity index (χ3n) is 4.25. The maximum atomic E-state index is 11.8. The lowest BCUT2D eigenvalue weighted by atomic mass is 9.47. The highest BCUT2D eigenvalue weighted by molar-refractivity contribution is 5.94. The third kappa shape index (κ3) is 0.905. The average Bonchev–Trinajstić information content (AvgIpc) is 2.00. The minimum absolute atomic E-state index is 0.0642. The van der Waals surface area contributed by atoms with E-state index in [0.717, 1.165) is 25.7 Å². The number of ketones is 1. The van der Waals surface area contributed by atoms with Gasteiger partial charge in [0.05, 0.1) is 5.41 Å². The molecule has 1 nitrogen and oxygen atoms in total. The van der Waals surface area contributed by atoms with Gasteiger partial charge in [0.15, 0.2) is 0 Å². The van der Waals surface area contributed by atoms with Crippen molar-refractivity contribution in [3.05, 3.63) is 11.6 Å². The van der Waals surface area contributed by atoms with Crippen molar-refractivity contribution in [1.82, 2.24) is 0 Å². The molecule has 1 saturated carbocycles. The Balaban J connectivity index is 2.46. The molecule has 0 aromatic carbocycles. The topological polar surface area (TPSA) is 17.1 Å². The molecule has 1 spiro atoms. The number of hydrogen-bond acceptors (Lipinski definition) is 1. The summed E-state index contributed by atoms with van der Waals surface area (Å²) in [7, 11) is 0. The van der Waals surface area contributed by atoms with E-state index in [-0.39, 0.29) is 10.8 Å². The van der Waals surface area contributed by atoms with Gasteiger partial charge >= 0.3 is 0 Å². The number of Topliss-reactive ketones (excluding diaryl/α,β-unsaturated/α-hetero) is 1. The van der Waals surface area contributed by atoms with Gasteiger partial charge in [-0.15, -0.1) is 0 Å². The Morgan fingerprint density at radius 1 is 1.31 bits per heavy atom. The number of rotatable bonds is 0. The standard InChI is InChI=1S/C12H18O/c1-9-5-4-7-11(2,3)12(9)8-6-10(12)13/h5H,4,6-8H2,1-3H3. The SMILES string of the molecule is CC1=CCCC(C)(C)C12CCC2=O. The molecule has 1 atom stereocenters. The first-order chi connectivity index (χ1) is 6.01. The quantitative estimate of drug-likeness (QED) is 0.521. The first kappa shape index (κ1) is 8.98. The number of allylic oxidation sites excluding steroid dienone is 2. The van der Waals surface area contributed by atoms with Crippen LogP contribution in [0.4, 0.5) is 0 Å². The molecule has 1 heteroatoms. The van der Waals surface area contributed by atoms with Crippen LogP contribution in [0.1, 0.15) is 46.5 Å². The van der Waals surface area contributed by atoms with E-state index < -0.39 is 0 Å². The highest BCUT2D eigenvalue weighted by Gasteiger charge is 2.57. The molecule has 2 rings (SSSR count). The Bertz CT molecular complexity index is 285. The molecular formula is C12H18O. The minimum atomic E-state index is -0.0642. The summed E-state index contributed by atoms with van der Waals surface area (Å²) in [6.45, 7) is 6.64. The first-order valence-electron chi connectivity index (χ1n) is 5.21. The van der Waals surface area contributed by atoms with Crippen LogP contribution in [-0.4, -0.2) is 5.78 Å². The predicted octanol–water partition coefficient (Wildman–Crippen LogP) is 3.10. The number of carbonyl (C=O) groups is 1. The van der Waals surface area contributed by atoms with E-state index in [1.54, 1.807) is 0 Å². The van der Waals surface area contributed by atoms with E-state index in [1.807, 2.05) is 0 Å². The zero-order chi connectivity index (χ0) is 9.69. The molecule has 0 aliphatic heterocycles. The van der Waals surface area contributed by atoms with E-state index in [2.05, 4.69) is 26.8 Å². The summed E-state index contributed by atoms with van der Waals surface area (Å²) in [6.07, 6.45) is 6.46. The summed E-state index contributed by atoms with van der Waals surface area (Å²) < 4.78 is 0. The lowest BCUT2D eigenvalue weighted by molar-refractivity contribution is -0.145. The summed E-state index contributed by atoms with van der Waals surface area (Å²) in [4.78, 5) is 11.8. The lowest BCUT2D eigenvalue weighted by Gasteiger charge is -2.54. The molecule has 1 unspecified atom stereocenters. The van der Waals surface area contributed by atoms with Gasteiger partial charge < -0.3 is 0 Å². The predicted molar refractivity (Wildman–Crippen MR) is 53.4 cm³/mol. The van der Waals surface area contributed by atoms with E-state index in [9.17, 15) is 4.79 Å². The second-order valence-electron chi connectivity index (χ2n) is 5.14. The zero-order valence-electron chi connectivity index (χ0n) is 8.81. The van der Waals surface area contributed by atoms with Crippen molar-refractivity contribution in [2.75, 3.05) is 0 Å². The summed E-state index contributed by atoms with van der Waals surface area (Å²) in [5.41, 5.74) is 1.46. The van der Waals surface area contributed by atoms with Gasteiger partial charge in [0.2, 0.25) is 0 Å². The second-order valence-corrected chi connectivity index (χ2v) is 5.14. The lowest BCUT2D eigenvalue weighted by Crippen LogP contribution is -2.53.